The van der Waals surface area contributed by atoms with Crippen LogP contribution in [0.1, 0.15) is 15.9 Å². The Morgan fingerprint density at radius 1 is 0.906 bits per heavy atom. The van der Waals surface area contributed by atoms with Gasteiger partial charge in [-0.15, -0.1) is 0 Å². The van der Waals surface area contributed by atoms with Crippen molar-refractivity contribution in [3.63, 3.8) is 0 Å². The SMILES string of the molecule is COC(=O)c1ccc(Oc2coc3cc(OC(=O)Cc4ccccc4)ccc3c2=O)cc1. The minimum Gasteiger partial charge on any atom is -0.465 e. The predicted octanol–water partition coefficient (Wildman–Crippen LogP) is 4.52. The summed E-state index contributed by atoms with van der Waals surface area (Å²) >= 11 is 0. The number of ether oxygens (including phenoxy) is 3. The summed E-state index contributed by atoms with van der Waals surface area (Å²) in [7, 11) is 1.29. The van der Waals surface area contributed by atoms with Crippen LogP contribution in [0.15, 0.2) is 88.3 Å². The average molecular weight is 430 g/mol. The molecule has 0 fully saturated rings. The highest BCUT2D eigenvalue weighted by Gasteiger charge is 2.13. The summed E-state index contributed by atoms with van der Waals surface area (Å²) < 4.78 is 21.1. The van der Waals surface area contributed by atoms with Crippen molar-refractivity contribution in [1.29, 1.82) is 0 Å². The Hall–Kier alpha value is -4.39. The summed E-state index contributed by atoms with van der Waals surface area (Å²) in [5.74, 6) is -0.281. The van der Waals surface area contributed by atoms with E-state index in [0.29, 0.717) is 11.3 Å². The van der Waals surface area contributed by atoms with Crippen molar-refractivity contribution >= 4 is 22.9 Å². The molecule has 0 bridgehead atoms. The molecule has 7 nitrogen and oxygen atoms in total. The van der Waals surface area contributed by atoms with Gasteiger partial charge in [0.25, 0.3) is 0 Å². The number of carbonyl (C=O) groups is 2. The molecule has 0 spiro atoms. The molecule has 0 saturated carbocycles. The molecule has 0 aliphatic carbocycles. The maximum Gasteiger partial charge on any atom is 0.337 e. The second kappa shape index (κ2) is 9.18. The van der Waals surface area contributed by atoms with E-state index in [-0.39, 0.29) is 34.3 Å². The number of carbonyl (C=O) groups excluding carboxylic acids is 2. The van der Waals surface area contributed by atoms with E-state index in [1.807, 2.05) is 30.3 Å². The van der Waals surface area contributed by atoms with E-state index >= 15 is 0 Å². The number of hydrogen-bond acceptors (Lipinski definition) is 7. The number of rotatable bonds is 6. The lowest BCUT2D eigenvalue weighted by molar-refractivity contribution is -0.133. The largest absolute Gasteiger partial charge is 0.465 e. The maximum absolute atomic E-state index is 12.8. The number of methoxy groups -OCH3 is 1. The van der Waals surface area contributed by atoms with E-state index in [2.05, 4.69) is 4.74 Å². The first-order chi connectivity index (χ1) is 15.5. The average Bonchev–Trinajstić information content (AvgIpc) is 2.81. The minimum absolute atomic E-state index is 0.0165. The van der Waals surface area contributed by atoms with Crippen LogP contribution < -0.4 is 14.9 Å². The molecule has 0 atom stereocenters. The summed E-state index contributed by atoms with van der Waals surface area (Å²) in [5, 5.41) is 0.275. The van der Waals surface area contributed by atoms with E-state index in [4.69, 9.17) is 13.9 Å². The van der Waals surface area contributed by atoms with E-state index in [1.165, 1.54) is 43.7 Å². The van der Waals surface area contributed by atoms with Gasteiger partial charge in [-0.05, 0) is 42.0 Å². The Morgan fingerprint density at radius 3 is 2.34 bits per heavy atom. The van der Waals surface area contributed by atoms with E-state index in [9.17, 15) is 14.4 Å². The molecule has 0 N–H and O–H groups in total. The van der Waals surface area contributed by atoms with Gasteiger partial charge in [0.15, 0.2) is 0 Å². The summed E-state index contributed by atoms with van der Waals surface area (Å²) in [6.45, 7) is 0. The van der Waals surface area contributed by atoms with Crippen molar-refractivity contribution in [3.8, 4) is 17.2 Å². The molecule has 32 heavy (non-hydrogen) atoms. The van der Waals surface area contributed by atoms with Crippen LogP contribution in [0, 0.1) is 0 Å². The molecule has 4 aromatic rings. The van der Waals surface area contributed by atoms with Gasteiger partial charge in [0.2, 0.25) is 11.2 Å². The zero-order valence-corrected chi connectivity index (χ0v) is 17.1. The van der Waals surface area contributed by atoms with Crippen LogP contribution in [0.25, 0.3) is 11.0 Å². The molecule has 0 amide bonds. The topological polar surface area (TPSA) is 92.0 Å². The van der Waals surface area contributed by atoms with Crippen molar-refractivity contribution in [1.82, 2.24) is 0 Å². The summed E-state index contributed by atoms with van der Waals surface area (Å²) in [4.78, 5) is 36.4. The smallest absolute Gasteiger partial charge is 0.337 e. The quantitative estimate of drug-likeness (QED) is 0.328. The van der Waals surface area contributed by atoms with Crippen LogP contribution >= 0.6 is 0 Å². The zero-order valence-electron chi connectivity index (χ0n) is 17.1. The first kappa shape index (κ1) is 20.9. The monoisotopic (exact) mass is 430 g/mol. The van der Waals surface area contributed by atoms with Gasteiger partial charge in [0.05, 0.1) is 24.5 Å². The Balaban J connectivity index is 1.50. The van der Waals surface area contributed by atoms with Gasteiger partial charge < -0.3 is 18.6 Å². The second-order valence-electron chi connectivity index (χ2n) is 6.84. The summed E-state index contributed by atoms with van der Waals surface area (Å²) in [6.07, 6.45) is 1.32. The van der Waals surface area contributed by atoms with Crippen LogP contribution in [0.2, 0.25) is 0 Å². The number of esters is 2. The fourth-order valence-electron chi connectivity index (χ4n) is 3.06. The molecule has 0 aliphatic heterocycles. The van der Waals surface area contributed by atoms with Crippen LogP contribution in [0.5, 0.6) is 17.2 Å². The lowest BCUT2D eigenvalue weighted by Gasteiger charge is -2.08. The van der Waals surface area contributed by atoms with Gasteiger partial charge in [0, 0.05) is 6.07 Å². The number of benzene rings is 3. The van der Waals surface area contributed by atoms with Gasteiger partial charge in [-0.2, -0.15) is 0 Å². The molecular weight excluding hydrogens is 412 g/mol. The van der Waals surface area contributed by atoms with Gasteiger partial charge in [-0.1, -0.05) is 30.3 Å². The lowest BCUT2D eigenvalue weighted by atomic mass is 10.1. The van der Waals surface area contributed by atoms with E-state index in [1.54, 1.807) is 12.1 Å². The Morgan fingerprint density at radius 2 is 1.62 bits per heavy atom. The van der Waals surface area contributed by atoms with E-state index in [0.717, 1.165) is 5.56 Å². The van der Waals surface area contributed by atoms with Crippen molar-refractivity contribution in [2.24, 2.45) is 0 Å². The fourth-order valence-corrected chi connectivity index (χ4v) is 3.06. The van der Waals surface area contributed by atoms with Gasteiger partial charge in [0.1, 0.15) is 23.3 Å². The maximum atomic E-state index is 12.8. The molecule has 1 heterocycles. The molecule has 7 heteroatoms. The predicted molar refractivity (Wildman–Crippen MR) is 116 cm³/mol. The summed E-state index contributed by atoms with van der Waals surface area (Å²) in [5.41, 5.74) is 1.07. The third-order valence-electron chi connectivity index (χ3n) is 4.64. The normalized spacial score (nSPS) is 10.5. The van der Waals surface area contributed by atoms with Crippen molar-refractivity contribution < 1.29 is 28.2 Å². The molecule has 160 valence electrons. The zero-order chi connectivity index (χ0) is 22.5. The minimum atomic E-state index is -0.470. The standard InChI is InChI=1S/C25H18O7/c1-29-25(28)17-7-9-18(10-8-17)31-22-15-30-21-14-19(11-12-20(21)24(22)27)32-23(26)13-16-5-3-2-4-6-16/h2-12,14-15H,13H2,1H3. The van der Waals surface area contributed by atoms with Gasteiger partial charge in [-0.3, -0.25) is 9.59 Å². The molecule has 0 unspecified atom stereocenters. The molecule has 1 aromatic heterocycles. The van der Waals surface area contributed by atoms with Crippen LogP contribution in [-0.4, -0.2) is 19.0 Å². The molecule has 0 radical (unpaired) electrons. The highest BCUT2D eigenvalue weighted by Crippen LogP contribution is 2.24. The van der Waals surface area contributed by atoms with Gasteiger partial charge >= 0.3 is 11.9 Å². The number of hydrogen-bond donors (Lipinski definition) is 0. The Bertz CT molecular complexity index is 1320. The summed E-state index contributed by atoms with van der Waals surface area (Å²) in [6, 6.07) is 19.9. The van der Waals surface area contributed by atoms with Crippen molar-refractivity contribution in [2.75, 3.05) is 7.11 Å². The highest BCUT2D eigenvalue weighted by atomic mass is 16.5. The van der Waals surface area contributed by atoms with Crippen LogP contribution in [0.3, 0.4) is 0 Å². The second-order valence-corrected chi connectivity index (χ2v) is 6.84. The fraction of sp³-hybridized carbons (Fsp3) is 0.0800. The van der Waals surface area contributed by atoms with Crippen LogP contribution in [-0.2, 0) is 16.0 Å². The lowest BCUT2D eigenvalue weighted by Crippen LogP contribution is -2.11. The molecule has 3 aromatic carbocycles. The number of fused-ring (bicyclic) bond motifs is 1. The first-order valence-electron chi connectivity index (χ1n) is 9.70. The van der Waals surface area contributed by atoms with Crippen molar-refractivity contribution in [3.05, 3.63) is 100 Å². The van der Waals surface area contributed by atoms with E-state index < -0.39 is 11.9 Å². The Labute approximate surface area is 182 Å². The van der Waals surface area contributed by atoms with Crippen molar-refractivity contribution in [2.45, 2.75) is 6.42 Å². The highest BCUT2D eigenvalue weighted by molar-refractivity contribution is 5.89. The molecular formula is C25H18O7. The third kappa shape index (κ3) is 4.67. The first-order valence-corrected chi connectivity index (χ1v) is 9.70. The van der Waals surface area contributed by atoms with Gasteiger partial charge in [-0.25, -0.2) is 4.79 Å². The van der Waals surface area contributed by atoms with Crippen LogP contribution in [0.4, 0.5) is 0 Å². The molecule has 4 rings (SSSR count). The molecule has 0 aliphatic rings. The molecule has 0 saturated heterocycles. The third-order valence-corrected chi connectivity index (χ3v) is 4.64. The Kier molecular flexibility index (Phi) is 5.98.